The summed E-state index contributed by atoms with van der Waals surface area (Å²) in [6.07, 6.45) is 8.31. The number of ether oxygens (including phenoxy) is 2. The Morgan fingerprint density at radius 2 is 1.86 bits per heavy atom. The number of rotatable bonds is 6. The number of halogens is 1. The van der Waals surface area contributed by atoms with Gasteiger partial charge >= 0.3 is 0 Å². The topological polar surface area (TPSA) is 54.9 Å². The molecule has 0 aromatic carbocycles. The maximum atomic E-state index is 5.97. The van der Waals surface area contributed by atoms with Crippen molar-refractivity contribution in [1.29, 1.82) is 0 Å². The molecule has 0 amide bonds. The van der Waals surface area contributed by atoms with Crippen molar-refractivity contribution in [3.8, 4) is 0 Å². The van der Waals surface area contributed by atoms with Gasteiger partial charge in [-0.25, -0.2) is 0 Å². The van der Waals surface area contributed by atoms with Crippen molar-refractivity contribution < 1.29 is 9.47 Å². The average molecular weight is 425 g/mol. The molecule has 5 nitrogen and oxygen atoms in total. The van der Waals surface area contributed by atoms with Gasteiger partial charge in [-0.1, -0.05) is 32.6 Å². The zero-order chi connectivity index (χ0) is 15.0. The largest absolute Gasteiger partial charge is 0.380 e. The molecule has 1 saturated carbocycles. The second-order valence-electron chi connectivity index (χ2n) is 6.64. The monoisotopic (exact) mass is 425 g/mol. The minimum Gasteiger partial charge on any atom is -0.380 e. The molecule has 0 atom stereocenters. The van der Waals surface area contributed by atoms with Crippen LogP contribution in [0.2, 0.25) is 0 Å². The smallest absolute Gasteiger partial charge is 0.191 e. The lowest BCUT2D eigenvalue weighted by Crippen LogP contribution is -2.51. The molecule has 0 unspecified atom stereocenters. The first-order chi connectivity index (χ1) is 10.2. The van der Waals surface area contributed by atoms with E-state index in [1.165, 1.54) is 38.5 Å². The number of guanidine groups is 1. The van der Waals surface area contributed by atoms with Crippen molar-refractivity contribution in [3.63, 3.8) is 0 Å². The van der Waals surface area contributed by atoms with Gasteiger partial charge in [0.25, 0.3) is 0 Å². The summed E-state index contributed by atoms with van der Waals surface area (Å²) >= 11 is 0. The van der Waals surface area contributed by atoms with Crippen molar-refractivity contribution in [1.82, 2.24) is 10.6 Å². The molecule has 2 rings (SSSR count). The van der Waals surface area contributed by atoms with Gasteiger partial charge in [0.15, 0.2) is 5.96 Å². The van der Waals surface area contributed by atoms with Crippen LogP contribution in [0.3, 0.4) is 0 Å². The Hall–Kier alpha value is -0.0800. The van der Waals surface area contributed by atoms with Crippen molar-refractivity contribution in [2.75, 3.05) is 40.0 Å². The number of aliphatic imine (C=N–C) groups is 1. The number of hydrogen-bond donors (Lipinski definition) is 2. The summed E-state index contributed by atoms with van der Waals surface area (Å²) in [5.74, 6) is 0.854. The lowest BCUT2D eigenvalue weighted by Gasteiger charge is -2.38. The van der Waals surface area contributed by atoms with Crippen LogP contribution < -0.4 is 10.6 Å². The summed E-state index contributed by atoms with van der Waals surface area (Å²) in [4.78, 5) is 4.25. The first-order valence-corrected chi connectivity index (χ1v) is 8.36. The van der Waals surface area contributed by atoms with Crippen molar-refractivity contribution in [3.05, 3.63) is 0 Å². The fraction of sp³-hybridized carbons (Fsp3) is 0.938. The van der Waals surface area contributed by atoms with Crippen LogP contribution in [0.5, 0.6) is 0 Å². The van der Waals surface area contributed by atoms with Crippen LogP contribution in [0, 0.1) is 5.41 Å². The molecule has 6 heteroatoms. The molecule has 2 aliphatic rings. The van der Waals surface area contributed by atoms with Gasteiger partial charge in [-0.2, -0.15) is 0 Å². The second kappa shape index (κ2) is 10.6. The van der Waals surface area contributed by atoms with E-state index in [9.17, 15) is 0 Å². The van der Waals surface area contributed by atoms with Gasteiger partial charge in [0.2, 0.25) is 0 Å². The Balaban J connectivity index is 0.00000242. The van der Waals surface area contributed by atoms with Crippen LogP contribution in [0.15, 0.2) is 4.99 Å². The van der Waals surface area contributed by atoms with Crippen LogP contribution >= 0.6 is 24.0 Å². The van der Waals surface area contributed by atoms with Gasteiger partial charge in [0.1, 0.15) is 0 Å². The third-order valence-corrected chi connectivity index (χ3v) is 4.36. The van der Waals surface area contributed by atoms with Gasteiger partial charge in [-0.15, -0.1) is 24.0 Å². The number of nitrogens with one attached hydrogen (secondary N) is 2. The molecule has 0 aromatic heterocycles. The van der Waals surface area contributed by atoms with E-state index in [2.05, 4.69) is 22.5 Å². The summed E-state index contributed by atoms with van der Waals surface area (Å²) in [5, 5.41) is 6.68. The van der Waals surface area contributed by atoms with E-state index in [1.807, 2.05) is 0 Å². The molecule has 0 bridgehead atoms. The summed E-state index contributed by atoms with van der Waals surface area (Å²) in [7, 11) is 1.81. The first-order valence-electron chi connectivity index (χ1n) is 8.36. The van der Waals surface area contributed by atoms with Gasteiger partial charge in [-0.3, -0.25) is 4.99 Å². The fourth-order valence-corrected chi connectivity index (χ4v) is 2.87. The van der Waals surface area contributed by atoms with E-state index < -0.39 is 0 Å². The highest BCUT2D eigenvalue weighted by Crippen LogP contribution is 2.24. The van der Waals surface area contributed by atoms with E-state index in [1.54, 1.807) is 7.05 Å². The molecular formula is C16H32IN3O2. The van der Waals surface area contributed by atoms with E-state index in [0.717, 1.165) is 38.9 Å². The Labute approximate surface area is 152 Å². The van der Waals surface area contributed by atoms with Gasteiger partial charge in [0.05, 0.1) is 25.9 Å². The number of hydrogen-bond acceptors (Lipinski definition) is 3. The summed E-state index contributed by atoms with van der Waals surface area (Å²) < 4.78 is 11.2. The molecule has 1 saturated heterocycles. The lowest BCUT2D eigenvalue weighted by molar-refractivity contribution is -0.0971. The fourth-order valence-electron chi connectivity index (χ4n) is 2.87. The molecule has 2 fully saturated rings. The molecule has 130 valence electrons. The Morgan fingerprint density at radius 1 is 1.18 bits per heavy atom. The summed E-state index contributed by atoms with van der Waals surface area (Å²) in [6, 6.07) is 0. The molecule has 0 aromatic rings. The maximum Gasteiger partial charge on any atom is 0.191 e. The van der Waals surface area contributed by atoms with Gasteiger partial charge in [0, 0.05) is 25.6 Å². The molecule has 2 N–H and O–H groups in total. The van der Waals surface area contributed by atoms with Crippen LogP contribution in [0.25, 0.3) is 0 Å². The van der Waals surface area contributed by atoms with Crippen molar-refractivity contribution in [2.24, 2.45) is 10.4 Å². The van der Waals surface area contributed by atoms with Gasteiger partial charge in [-0.05, 0) is 12.8 Å². The molecule has 0 radical (unpaired) electrons. The Kier molecular flexibility index (Phi) is 9.66. The Morgan fingerprint density at radius 3 is 2.41 bits per heavy atom. The highest BCUT2D eigenvalue weighted by Gasteiger charge is 2.33. The lowest BCUT2D eigenvalue weighted by atomic mass is 9.89. The number of nitrogens with zero attached hydrogens (tertiary/aromatic N) is 1. The average Bonchev–Trinajstić information content (AvgIpc) is 2.73. The third kappa shape index (κ3) is 7.00. The molecule has 1 aliphatic heterocycles. The van der Waals surface area contributed by atoms with Crippen LogP contribution in [-0.2, 0) is 9.47 Å². The van der Waals surface area contributed by atoms with E-state index in [-0.39, 0.29) is 29.4 Å². The molecule has 1 aliphatic carbocycles. The standard InChI is InChI=1S/C16H31N3O2.HI/c1-16(12-20-13-16)11-19-15(17-2)18-9-10-21-14-7-5-3-4-6-8-14;/h14H,3-13H2,1-2H3,(H2,17,18,19);1H. The quantitative estimate of drug-likeness (QED) is 0.226. The minimum absolute atomic E-state index is 0. The van der Waals surface area contributed by atoms with Crippen molar-refractivity contribution in [2.45, 2.75) is 51.6 Å². The highest BCUT2D eigenvalue weighted by atomic mass is 127. The predicted octanol–water partition coefficient (Wildman–Crippen LogP) is 2.55. The molecule has 0 spiro atoms. The second-order valence-corrected chi connectivity index (χ2v) is 6.64. The highest BCUT2D eigenvalue weighted by molar-refractivity contribution is 14.0. The SMILES string of the molecule is CN=C(NCCOC1CCCCCC1)NCC1(C)COC1.I. The summed E-state index contributed by atoms with van der Waals surface area (Å²) in [6.45, 7) is 6.36. The molecular weight excluding hydrogens is 393 g/mol. The van der Waals surface area contributed by atoms with Crippen molar-refractivity contribution >= 4 is 29.9 Å². The predicted molar refractivity (Wildman–Crippen MR) is 101 cm³/mol. The van der Waals surface area contributed by atoms with Crippen LogP contribution in [0.1, 0.15) is 45.4 Å². The van der Waals surface area contributed by atoms with E-state index in [0.29, 0.717) is 6.10 Å². The molecule has 1 heterocycles. The normalized spacial score (nSPS) is 22.2. The zero-order valence-corrected chi connectivity index (χ0v) is 16.4. The first kappa shape index (κ1) is 20.0. The molecule has 22 heavy (non-hydrogen) atoms. The zero-order valence-electron chi connectivity index (χ0n) is 14.0. The summed E-state index contributed by atoms with van der Waals surface area (Å²) in [5.41, 5.74) is 0.258. The maximum absolute atomic E-state index is 5.97. The van der Waals surface area contributed by atoms with Gasteiger partial charge < -0.3 is 20.1 Å². The van der Waals surface area contributed by atoms with Crippen LogP contribution in [0.4, 0.5) is 0 Å². The Bertz CT molecular complexity index is 327. The van der Waals surface area contributed by atoms with E-state index >= 15 is 0 Å². The van der Waals surface area contributed by atoms with Crippen LogP contribution in [-0.4, -0.2) is 52.0 Å². The minimum atomic E-state index is 0. The third-order valence-electron chi connectivity index (χ3n) is 4.36. The van der Waals surface area contributed by atoms with E-state index in [4.69, 9.17) is 9.47 Å².